The highest BCUT2D eigenvalue weighted by Gasteiger charge is 2.17. The van der Waals surface area contributed by atoms with Crippen LogP contribution in [0.3, 0.4) is 0 Å². The number of rotatable bonds is 4. The molecule has 1 aromatic carbocycles. The first-order valence-corrected chi connectivity index (χ1v) is 6.11. The summed E-state index contributed by atoms with van der Waals surface area (Å²) in [5, 5.41) is 8.93. The van der Waals surface area contributed by atoms with E-state index in [0.29, 0.717) is 11.3 Å². The van der Waals surface area contributed by atoms with Crippen molar-refractivity contribution in [1.82, 2.24) is 4.98 Å². The standard InChI is InChI=1S/C15H13N3O3/c1-20-13-6-2-5-11(17)14(13)15(19)21-9-10-4-3-7-18-12(10)8-16/h2-7H,9,17H2,1H3. The summed E-state index contributed by atoms with van der Waals surface area (Å²) < 4.78 is 10.3. The molecule has 2 N–H and O–H groups in total. The minimum Gasteiger partial charge on any atom is -0.496 e. The maximum Gasteiger partial charge on any atom is 0.344 e. The molecule has 0 bridgehead atoms. The summed E-state index contributed by atoms with van der Waals surface area (Å²) >= 11 is 0. The predicted octanol–water partition coefficient (Wildman–Crippen LogP) is 1.90. The lowest BCUT2D eigenvalue weighted by molar-refractivity contribution is 0.0470. The molecule has 0 aliphatic rings. The number of nitrogens with zero attached hydrogens (tertiary/aromatic N) is 2. The van der Waals surface area contributed by atoms with Gasteiger partial charge in [0.2, 0.25) is 0 Å². The number of aromatic nitrogens is 1. The minimum atomic E-state index is -0.613. The van der Waals surface area contributed by atoms with Crippen LogP contribution in [0.5, 0.6) is 5.75 Å². The molecule has 0 aliphatic heterocycles. The van der Waals surface area contributed by atoms with Crippen molar-refractivity contribution in [1.29, 1.82) is 5.26 Å². The summed E-state index contributed by atoms with van der Waals surface area (Å²) in [7, 11) is 1.44. The Balaban J connectivity index is 2.18. The highest BCUT2D eigenvalue weighted by atomic mass is 16.5. The van der Waals surface area contributed by atoms with E-state index in [-0.39, 0.29) is 23.6 Å². The summed E-state index contributed by atoms with van der Waals surface area (Å²) in [6.07, 6.45) is 1.50. The number of esters is 1. The van der Waals surface area contributed by atoms with E-state index in [2.05, 4.69) is 4.98 Å². The van der Waals surface area contributed by atoms with Gasteiger partial charge in [0.15, 0.2) is 0 Å². The van der Waals surface area contributed by atoms with Crippen molar-refractivity contribution in [2.75, 3.05) is 12.8 Å². The SMILES string of the molecule is COc1cccc(N)c1C(=O)OCc1cccnc1C#N. The molecule has 0 amide bonds. The Kier molecular flexibility index (Phi) is 4.36. The molecular formula is C15H13N3O3. The van der Waals surface area contributed by atoms with Gasteiger partial charge in [-0.05, 0) is 18.2 Å². The van der Waals surface area contributed by atoms with Crippen LogP contribution in [0.2, 0.25) is 0 Å². The van der Waals surface area contributed by atoms with E-state index in [1.807, 2.05) is 6.07 Å². The van der Waals surface area contributed by atoms with Gasteiger partial charge in [-0.3, -0.25) is 0 Å². The highest BCUT2D eigenvalue weighted by Crippen LogP contribution is 2.25. The van der Waals surface area contributed by atoms with Gasteiger partial charge in [0.25, 0.3) is 0 Å². The molecule has 2 rings (SSSR count). The summed E-state index contributed by atoms with van der Waals surface area (Å²) in [4.78, 5) is 16.0. The van der Waals surface area contributed by atoms with E-state index < -0.39 is 5.97 Å². The maximum absolute atomic E-state index is 12.1. The fraction of sp³-hybridized carbons (Fsp3) is 0.133. The Morgan fingerprint density at radius 2 is 2.19 bits per heavy atom. The molecule has 0 atom stereocenters. The largest absolute Gasteiger partial charge is 0.496 e. The zero-order valence-corrected chi connectivity index (χ0v) is 11.4. The van der Waals surface area contributed by atoms with Gasteiger partial charge in [-0.25, -0.2) is 9.78 Å². The van der Waals surface area contributed by atoms with Gasteiger partial charge in [-0.2, -0.15) is 5.26 Å². The van der Waals surface area contributed by atoms with Crippen LogP contribution in [-0.2, 0) is 11.3 Å². The second kappa shape index (κ2) is 6.39. The van der Waals surface area contributed by atoms with E-state index in [1.165, 1.54) is 13.3 Å². The average Bonchev–Trinajstić information content (AvgIpc) is 2.52. The quantitative estimate of drug-likeness (QED) is 0.679. The Morgan fingerprint density at radius 3 is 2.90 bits per heavy atom. The smallest absolute Gasteiger partial charge is 0.344 e. The van der Waals surface area contributed by atoms with Crippen LogP contribution in [0.1, 0.15) is 21.6 Å². The highest BCUT2D eigenvalue weighted by molar-refractivity contribution is 5.98. The van der Waals surface area contributed by atoms with Gasteiger partial charge in [0.05, 0.1) is 7.11 Å². The molecule has 1 heterocycles. The molecule has 0 radical (unpaired) electrons. The first-order chi connectivity index (χ1) is 10.2. The van der Waals surface area contributed by atoms with Gasteiger partial charge in [0.1, 0.15) is 29.7 Å². The molecule has 0 fully saturated rings. The van der Waals surface area contributed by atoms with Gasteiger partial charge >= 0.3 is 5.97 Å². The van der Waals surface area contributed by atoms with E-state index in [1.54, 1.807) is 30.3 Å². The number of anilines is 1. The van der Waals surface area contributed by atoms with Crippen molar-refractivity contribution < 1.29 is 14.3 Å². The number of hydrogen-bond acceptors (Lipinski definition) is 6. The average molecular weight is 283 g/mol. The van der Waals surface area contributed by atoms with Crippen molar-refractivity contribution >= 4 is 11.7 Å². The van der Waals surface area contributed by atoms with Gasteiger partial charge in [-0.1, -0.05) is 12.1 Å². The molecule has 0 saturated carbocycles. The molecule has 21 heavy (non-hydrogen) atoms. The predicted molar refractivity (Wildman–Crippen MR) is 75.5 cm³/mol. The van der Waals surface area contributed by atoms with Crippen molar-refractivity contribution in [2.24, 2.45) is 0 Å². The molecule has 6 heteroatoms. The fourth-order valence-electron chi connectivity index (χ4n) is 1.81. The Bertz CT molecular complexity index is 708. The number of ether oxygens (including phenoxy) is 2. The van der Waals surface area contributed by atoms with E-state index in [9.17, 15) is 4.79 Å². The number of pyridine rings is 1. The second-order valence-corrected chi connectivity index (χ2v) is 4.12. The third-order valence-corrected chi connectivity index (χ3v) is 2.84. The van der Waals surface area contributed by atoms with Gasteiger partial charge < -0.3 is 15.2 Å². The third kappa shape index (κ3) is 3.09. The first-order valence-electron chi connectivity index (χ1n) is 6.11. The lowest BCUT2D eigenvalue weighted by Crippen LogP contribution is -2.10. The molecule has 1 aromatic heterocycles. The molecule has 6 nitrogen and oxygen atoms in total. The lowest BCUT2D eigenvalue weighted by Gasteiger charge is -2.11. The van der Waals surface area contributed by atoms with Crippen LogP contribution >= 0.6 is 0 Å². The Labute approximate surface area is 121 Å². The number of carbonyl (C=O) groups excluding carboxylic acids is 1. The van der Waals surface area contributed by atoms with E-state index in [4.69, 9.17) is 20.5 Å². The van der Waals surface area contributed by atoms with Gasteiger partial charge in [0, 0.05) is 17.4 Å². The molecule has 0 spiro atoms. The number of nitrogens with two attached hydrogens (primary N) is 1. The Hall–Kier alpha value is -3.07. The monoisotopic (exact) mass is 283 g/mol. The van der Waals surface area contributed by atoms with Crippen LogP contribution in [0, 0.1) is 11.3 Å². The summed E-state index contributed by atoms with van der Waals surface area (Å²) in [6.45, 7) is -0.0624. The topological polar surface area (TPSA) is 98.2 Å². The van der Waals surface area contributed by atoms with Crippen LogP contribution in [0.15, 0.2) is 36.5 Å². The normalized spacial score (nSPS) is 9.71. The molecule has 0 unspecified atom stereocenters. The second-order valence-electron chi connectivity index (χ2n) is 4.12. The number of methoxy groups -OCH3 is 1. The summed E-state index contributed by atoms with van der Waals surface area (Å²) in [6, 6.07) is 10.2. The number of nitrogen functional groups attached to an aromatic ring is 1. The van der Waals surface area contributed by atoms with Crippen molar-refractivity contribution in [3.05, 3.63) is 53.3 Å². The number of benzene rings is 1. The molecule has 2 aromatic rings. The maximum atomic E-state index is 12.1. The number of hydrogen-bond donors (Lipinski definition) is 1. The van der Waals surface area contributed by atoms with Crippen LogP contribution in [0.25, 0.3) is 0 Å². The fourth-order valence-corrected chi connectivity index (χ4v) is 1.81. The van der Waals surface area contributed by atoms with Crippen LogP contribution in [0.4, 0.5) is 5.69 Å². The van der Waals surface area contributed by atoms with E-state index in [0.717, 1.165) is 0 Å². The Morgan fingerprint density at radius 1 is 1.38 bits per heavy atom. The van der Waals surface area contributed by atoms with Crippen molar-refractivity contribution in [2.45, 2.75) is 6.61 Å². The van der Waals surface area contributed by atoms with E-state index >= 15 is 0 Å². The van der Waals surface area contributed by atoms with Crippen molar-refractivity contribution in [3.63, 3.8) is 0 Å². The molecule has 0 saturated heterocycles. The molecule has 106 valence electrons. The number of carbonyl (C=O) groups is 1. The first kappa shape index (κ1) is 14.3. The van der Waals surface area contributed by atoms with Crippen LogP contribution < -0.4 is 10.5 Å². The number of nitriles is 1. The van der Waals surface area contributed by atoms with Crippen molar-refractivity contribution in [3.8, 4) is 11.8 Å². The third-order valence-electron chi connectivity index (χ3n) is 2.84. The lowest BCUT2D eigenvalue weighted by atomic mass is 10.1. The summed E-state index contributed by atoms with van der Waals surface area (Å²) in [5.74, 6) is -0.274. The van der Waals surface area contributed by atoms with Crippen LogP contribution in [-0.4, -0.2) is 18.1 Å². The summed E-state index contributed by atoms with van der Waals surface area (Å²) in [5.41, 5.74) is 6.97. The molecule has 0 aliphatic carbocycles. The van der Waals surface area contributed by atoms with Gasteiger partial charge in [-0.15, -0.1) is 0 Å². The minimum absolute atomic E-state index is 0.0624. The molecular weight excluding hydrogens is 270 g/mol. The zero-order chi connectivity index (χ0) is 15.2. The zero-order valence-electron chi connectivity index (χ0n) is 11.4.